The number of nitrogens with one attached hydrogen (secondary N) is 1. The second kappa shape index (κ2) is 7.01. The maximum absolute atomic E-state index is 4.63. The lowest BCUT2D eigenvalue weighted by Gasteiger charge is -2.30. The van der Waals surface area contributed by atoms with Crippen LogP contribution >= 0.6 is 0 Å². The number of benzene rings is 1. The van der Waals surface area contributed by atoms with Gasteiger partial charge in [-0.2, -0.15) is 5.10 Å². The quantitative estimate of drug-likeness (QED) is 0.848. The van der Waals surface area contributed by atoms with Gasteiger partial charge in [-0.1, -0.05) is 23.8 Å². The monoisotopic (exact) mass is 311 g/mol. The van der Waals surface area contributed by atoms with Crippen molar-refractivity contribution in [1.82, 2.24) is 9.58 Å². The van der Waals surface area contributed by atoms with Crippen molar-refractivity contribution in [1.29, 1.82) is 0 Å². The molecule has 1 saturated heterocycles. The maximum Gasteiger partial charge on any atom is 0.103 e. The summed E-state index contributed by atoms with van der Waals surface area (Å²) in [5, 5.41) is 6.82. The molecule has 0 spiro atoms. The Balaban J connectivity index is 1.52. The van der Waals surface area contributed by atoms with Gasteiger partial charge in [-0.05, 0) is 31.5 Å². The Labute approximate surface area is 139 Å². The average molecular weight is 311 g/mol. The number of aromatic nitrogens is 1. The van der Waals surface area contributed by atoms with Crippen LogP contribution in [0.2, 0.25) is 0 Å². The second-order valence-corrected chi connectivity index (χ2v) is 6.60. The zero-order valence-corrected chi connectivity index (χ0v) is 14.4. The average Bonchev–Trinajstić information content (AvgIpc) is 2.95. The summed E-state index contributed by atoms with van der Waals surface area (Å²) in [6.45, 7) is 9.87. The molecule has 4 heteroatoms. The third-order valence-electron chi connectivity index (χ3n) is 4.72. The Morgan fingerprint density at radius 3 is 2.61 bits per heavy atom. The molecule has 0 aliphatic carbocycles. The van der Waals surface area contributed by atoms with E-state index >= 15 is 0 Å². The molecule has 2 aromatic rings. The number of nitrogens with zero attached hydrogens (tertiary/aromatic N) is 3. The molecule has 2 heterocycles. The van der Waals surface area contributed by atoms with Crippen LogP contribution in [0.5, 0.6) is 0 Å². The highest BCUT2D eigenvalue weighted by molar-refractivity contribution is 5.77. The van der Waals surface area contributed by atoms with Gasteiger partial charge >= 0.3 is 0 Å². The number of hydrogen-bond donors (Lipinski definition) is 1. The van der Waals surface area contributed by atoms with Gasteiger partial charge in [0.2, 0.25) is 0 Å². The van der Waals surface area contributed by atoms with E-state index in [2.05, 4.69) is 52.8 Å². The first kappa shape index (κ1) is 15.8. The highest BCUT2D eigenvalue weighted by Gasteiger charge is 2.19. The fraction of sp³-hybridized carbons (Fsp3) is 0.421. The van der Waals surface area contributed by atoms with Crippen LogP contribution in [0.4, 0.5) is 0 Å². The molecule has 0 atom stereocenters. The van der Waals surface area contributed by atoms with Crippen LogP contribution in [0, 0.1) is 13.8 Å². The van der Waals surface area contributed by atoms with Crippen molar-refractivity contribution >= 4 is 6.21 Å². The summed E-state index contributed by atoms with van der Waals surface area (Å²) in [5.74, 6) is 0. The third kappa shape index (κ3) is 4.02. The molecule has 1 aromatic heterocycles. The van der Waals surface area contributed by atoms with Gasteiger partial charge in [-0.3, -0.25) is 5.01 Å². The number of aryl methyl sites for hydroxylation is 3. The number of hydrazone groups is 1. The van der Waals surface area contributed by atoms with E-state index in [9.17, 15) is 0 Å². The Morgan fingerprint density at radius 1 is 1.17 bits per heavy atom. The fourth-order valence-corrected chi connectivity index (χ4v) is 3.17. The molecule has 0 radical (unpaired) electrons. The van der Waals surface area contributed by atoms with E-state index in [4.69, 9.17) is 0 Å². The van der Waals surface area contributed by atoms with Gasteiger partial charge in [0.25, 0.3) is 0 Å². The van der Waals surface area contributed by atoms with E-state index in [1.807, 2.05) is 25.5 Å². The van der Waals surface area contributed by atoms with E-state index in [1.54, 1.807) is 4.90 Å². The molecule has 1 fully saturated rings. The van der Waals surface area contributed by atoms with Crippen LogP contribution in [-0.4, -0.2) is 42.0 Å². The lowest BCUT2D eigenvalue weighted by Crippen LogP contribution is -3.13. The predicted octanol–water partition coefficient (Wildman–Crippen LogP) is 1.38. The molecule has 122 valence electrons. The fourth-order valence-electron chi connectivity index (χ4n) is 3.17. The van der Waals surface area contributed by atoms with Gasteiger partial charge in [-0.25, -0.2) is 0 Å². The molecule has 1 N–H and O–H groups in total. The van der Waals surface area contributed by atoms with Gasteiger partial charge in [0.05, 0.1) is 38.1 Å². The number of rotatable bonds is 4. The first-order chi connectivity index (χ1) is 11.1. The van der Waals surface area contributed by atoms with Crippen molar-refractivity contribution in [2.24, 2.45) is 12.1 Å². The molecule has 1 aromatic carbocycles. The van der Waals surface area contributed by atoms with Crippen LogP contribution in [-0.2, 0) is 13.6 Å². The zero-order chi connectivity index (χ0) is 16.2. The summed E-state index contributed by atoms with van der Waals surface area (Å²) in [4.78, 5) is 1.65. The van der Waals surface area contributed by atoms with Crippen LogP contribution in [0.25, 0.3) is 0 Å². The third-order valence-corrected chi connectivity index (χ3v) is 4.72. The summed E-state index contributed by atoms with van der Waals surface area (Å²) >= 11 is 0. The largest absolute Gasteiger partial charge is 0.350 e. The molecule has 4 nitrogen and oxygen atoms in total. The molecular formula is C19H27N4+. The first-order valence-corrected chi connectivity index (χ1v) is 8.42. The summed E-state index contributed by atoms with van der Waals surface area (Å²) in [6, 6.07) is 10.9. The lowest BCUT2D eigenvalue weighted by molar-refractivity contribution is -0.918. The first-order valence-electron chi connectivity index (χ1n) is 8.42. The van der Waals surface area contributed by atoms with Gasteiger partial charge in [0.1, 0.15) is 6.54 Å². The van der Waals surface area contributed by atoms with Gasteiger partial charge in [0, 0.05) is 18.8 Å². The molecule has 3 rings (SSSR count). The lowest BCUT2D eigenvalue weighted by atomic mass is 10.1. The minimum atomic E-state index is 1.03. The van der Waals surface area contributed by atoms with Crippen molar-refractivity contribution in [3.63, 3.8) is 0 Å². The van der Waals surface area contributed by atoms with E-state index < -0.39 is 0 Å². The molecular weight excluding hydrogens is 284 g/mol. The summed E-state index contributed by atoms with van der Waals surface area (Å²) in [7, 11) is 2.05. The normalized spacial score (nSPS) is 16.4. The van der Waals surface area contributed by atoms with Crippen molar-refractivity contribution in [3.8, 4) is 0 Å². The van der Waals surface area contributed by atoms with Gasteiger partial charge in [-0.15, -0.1) is 0 Å². The van der Waals surface area contributed by atoms with E-state index in [1.165, 1.54) is 16.7 Å². The Hall–Kier alpha value is -2.07. The van der Waals surface area contributed by atoms with E-state index in [-0.39, 0.29) is 0 Å². The topological polar surface area (TPSA) is 25.0 Å². The highest BCUT2D eigenvalue weighted by Crippen LogP contribution is 2.09. The minimum Gasteiger partial charge on any atom is -0.350 e. The van der Waals surface area contributed by atoms with Crippen molar-refractivity contribution < 1.29 is 4.90 Å². The highest BCUT2D eigenvalue weighted by atomic mass is 15.5. The molecule has 1 aliphatic rings. The summed E-state index contributed by atoms with van der Waals surface area (Å²) in [5.41, 5.74) is 5.39. The van der Waals surface area contributed by atoms with Crippen molar-refractivity contribution in [3.05, 3.63) is 58.9 Å². The Kier molecular flexibility index (Phi) is 4.82. The van der Waals surface area contributed by atoms with Crippen molar-refractivity contribution in [2.75, 3.05) is 26.2 Å². The maximum atomic E-state index is 4.63. The standard InChI is InChI=1S/C19H26N4/c1-16-6-7-18(17(2)13-16)15-22-9-11-23(12-10-22)20-14-19-5-4-8-21(19)3/h4-8,13-14H,9-12,15H2,1-3H3/p+1/b20-14-. The van der Waals surface area contributed by atoms with Crippen LogP contribution in [0.1, 0.15) is 22.4 Å². The number of quaternary nitrogens is 1. The zero-order valence-electron chi connectivity index (χ0n) is 14.4. The summed E-state index contributed by atoms with van der Waals surface area (Å²) in [6.07, 6.45) is 4.02. The van der Waals surface area contributed by atoms with Crippen LogP contribution in [0.15, 0.2) is 41.6 Å². The molecule has 23 heavy (non-hydrogen) atoms. The molecule has 1 aliphatic heterocycles. The smallest absolute Gasteiger partial charge is 0.103 e. The second-order valence-electron chi connectivity index (χ2n) is 6.60. The number of piperazine rings is 1. The Bertz CT molecular complexity index is 678. The van der Waals surface area contributed by atoms with E-state index in [0.717, 1.165) is 38.4 Å². The SMILES string of the molecule is Cc1ccc(C[NH+]2CCN(/N=C\c3cccn3C)CC2)c(C)c1. The van der Waals surface area contributed by atoms with Crippen LogP contribution < -0.4 is 4.90 Å². The molecule has 0 saturated carbocycles. The predicted molar refractivity (Wildman–Crippen MR) is 94.9 cm³/mol. The summed E-state index contributed by atoms with van der Waals surface area (Å²) < 4.78 is 2.09. The molecule has 0 unspecified atom stereocenters. The molecule has 0 bridgehead atoms. The minimum absolute atomic E-state index is 1.03. The number of hydrogen-bond acceptors (Lipinski definition) is 2. The van der Waals surface area contributed by atoms with Crippen molar-refractivity contribution in [2.45, 2.75) is 20.4 Å². The van der Waals surface area contributed by atoms with Crippen LogP contribution in [0.3, 0.4) is 0 Å². The van der Waals surface area contributed by atoms with Gasteiger partial charge in [0.15, 0.2) is 0 Å². The van der Waals surface area contributed by atoms with Gasteiger partial charge < -0.3 is 9.47 Å². The Morgan fingerprint density at radius 2 is 1.96 bits per heavy atom. The van der Waals surface area contributed by atoms with E-state index in [0.29, 0.717) is 0 Å². The molecule has 0 amide bonds.